The molecule has 0 saturated heterocycles. The van der Waals surface area contributed by atoms with Crippen molar-refractivity contribution in [3.63, 3.8) is 0 Å². The van der Waals surface area contributed by atoms with Crippen molar-refractivity contribution < 1.29 is 23.6 Å². The number of carbonyl (C=O) groups is 2. The number of nitrogens with zero attached hydrogens (tertiary/aromatic N) is 2. The number of fused-ring (bicyclic) bond motifs is 1. The molecule has 0 atom stereocenters. The summed E-state index contributed by atoms with van der Waals surface area (Å²) in [6.07, 6.45) is 0. The lowest BCUT2D eigenvalue weighted by atomic mass is 10.1. The average molecular weight is 437 g/mol. The fraction of sp³-hybridized carbons (Fsp3) is 0.182. The Labute approximate surface area is 181 Å². The molecule has 0 radical (unpaired) electrons. The number of ether oxygens (including phenoxy) is 2. The first-order chi connectivity index (χ1) is 15.0. The average Bonchev–Trinajstić information content (AvgIpc) is 3.46. The normalized spacial score (nSPS) is 10.8. The summed E-state index contributed by atoms with van der Waals surface area (Å²) >= 11 is 1.49. The first-order valence-electron chi connectivity index (χ1n) is 9.43. The lowest BCUT2D eigenvalue weighted by Crippen LogP contribution is -2.28. The maximum atomic E-state index is 12.8. The van der Waals surface area contributed by atoms with Gasteiger partial charge in [0.25, 0.3) is 11.6 Å². The van der Waals surface area contributed by atoms with Crippen LogP contribution in [0, 0.1) is 6.92 Å². The van der Waals surface area contributed by atoms with Crippen molar-refractivity contribution in [1.29, 1.82) is 0 Å². The van der Waals surface area contributed by atoms with Crippen LogP contribution in [0.25, 0.3) is 21.7 Å². The molecule has 0 unspecified atom stereocenters. The molecule has 0 bridgehead atoms. The Morgan fingerprint density at radius 1 is 1.19 bits per heavy atom. The number of esters is 1. The maximum Gasteiger partial charge on any atom is 0.339 e. The molecular formula is C22H19N3O5S. The second-order valence-electron chi connectivity index (χ2n) is 6.68. The van der Waals surface area contributed by atoms with Crippen molar-refractivity contribution in [3.8, 4) is 16.3 Å². The molecule has 4 rings (SSSR count). The van der Waals surface area contributed by atoms with Crippen molar-refractivity contribution in [3.05, 3.63) is 64.7 Å². The van der Waals surface area contributed by atoms with E-state index in [0.717, 1.165) is 10.4 Å². The van der Waals surface area contributed by atoms with Crippen LogP contribution in [0.2, 0.25) is 0 Å². The number of rotatable bonds is 7. The SMILES string of the molecule is COc1cccc(CNC(=O)COC(=O)c2cc(-c3cccs3)nc3onc(C)c23)c1. The van der Waals surface area contributed by atoms with Crippen LogP contribution in [-0.2, 0) is 16.1 Å². The number of carbonyl (C=O) groups excluding carboxylic acids is 2. The zero-order valence-electron chi connectivity index (χ0n) is 16.9. The second kappa shape index (κ2) is 8.97. The van der Waals surface area contributed by atoms with Gasteiger partial charge in [-0.15, -0.1) is 11.3 Å². The molecule has 31 heavy (non-hydrogen) atoms. The molecule has 0 aliphatic rings. The first kappa shape index (κ1) is 20.5. The van der Waals surface area contributed by atoms with Crippen molar-refractivity contribution in [2.45, 2.75) is 13.5 Å². The third-order valence-electron chi connectivity index (χ3n) is 4.57. The number of pyridine rings is 1. The van der Waals surface area contributed by atoms with Gasteiger partial charge in [-0.05, 0) is 42.1 Å². The third-order valence-corrected chi connectivity index (χ3v) is 5.46. The predicted molar refractivity (Wildman–Crippen MR) is 115 cm³/mol. The van der Waals surface area contributed by atoms with Crippen LogP contribution in [0.3, 0.4) is 0 Å². The monoisotopic (exact) mass is 437 g/mol. The Morgan fingerprint density at radius 3 is 2.84 bits per heavy atom. The molecule has 4 aromatic rings. The number of nitrogens with one attached hydrogen (secondary N) is 1. The molecule has 0 spiro atoms. The lowest BCUT2D eigenvalue weighted by molar-refractivity contribution is -0.124. The zero-order chi connectivity index (χ0) is 21.8. The van der Waals surface area contributed by atoms with Crippen LogP contribution in [0.5, 0.6) is 5.75 Å². The number of thiophene rings is 1. The van der Waals surface area contributed by atoms with E-state index in [1.54, 1.807) is 20.1 Å². The molecule has 0 fully saturated rings. The highest BCUT2D eigenvalue weighted by molar-refractivity contribution is 7.13. The zero-order valence-corrected chi connectivity index (χ0v) is 17.7. The molecule has 8 nitrogen and oxygen atoms in total. The van der Waals surface area contributed by atoms with Gasteiger partial charge in [-0.2, -0.15) is 0 Å². The number of amides is 1. The minimum atomic E-state index is -0.645. The maximum absolute atomic E-state index is 12.8. The topological polar surface area (TPSA) is 104 Å². The molecular weight excluding hydrogens is 418 g/mol. The summed E-state index contributed by atoms with van der Waals surface area (Å²) < 4.78 is 15.7. The fourth-order valence-corrected chi connectivity index (χ4v) is 3.74. The molecule has 9 heteroatoms. The number of aryl methyl sites for hydroxylation is 1. The predicted octanol–water partition coefficient (Wildman–Crippen LogP) is 3.74. The first-order valence-corrected chi connectivity index (χ1v) is 10.3. The van der Waals surface area contributed by atoms with E-state index in [1.807, 2.05) is 41.8 Å². The standard InChI is InChI=1S/C22H19N3O5S/c1-13-20-16(10-17(18-7-4-8-31-18)24-21(20)30-25-13)22(27)29-12-19(26)23-11-14-5-3-6-15(9-14)28-2/h3-10H,11-12H2,1-2H3,(H,23,26). The van der Waals surface area contributed by atoms with Gasteiger partial charge in [0.15, 0.2) is 6.61 Å². The highest BCUT2D eigenvalue weighted by Gasteiger charge is 2.21. The molecule has 0 aliphatic carbocycles. The highest BCUT2D eigenvalue weighted by Crippen LogP contribution is 2.29. The second-order valence-corrected chi connectivity index (χ2v) is 7.63. The van der Waals surface area contributed by atoms with E-state index in [4.69, 9.17) is 14.0 Å². The van der Waals surface area contributed by atoms with Gasteiger partial charge in [0.2, 0.25) is 0 Å². The quantitative estimate of drug-likeness (QED) is 0.439. The van der Waals surface area contributed by atoms with Gasteiger partial charge >= 0.3 is 5.97 Å². The molecule has 0 saturated carbocycles. The summed E-state index contributed by atoms with van der Waals surface area (Å²) in [6.45, 7) is 1.60. The Bertz CT molecular complexity index is 1230. The van der Waals surface area contributed by atoms with Crippen molar-refractivity contribution >= 4 is 34.3 Å². The Kier molecular flexibility index (Phi) is 5.94. The van der Waals surface area contributed by atoms with E-state index in [2.05, 4.69) is 15.5 Å². The highest BCUT2D eigenvalue weighted by atomic mass is 32.1. The van der Waals surface area contributed by atoms with Crippen LogP contribution in [0.4, 0.5) is 0 Å². The summed E-state index contributed by atoms with van der Waals surface area (Å²) in [4.78, 5) is 30.3. The summed E-state index contributed by atoms with van der Waals surface area (Å²) in [5.74, 6) is -0.361. The summed E-state index contributed by atoms with van der Waals surface area (Å²) in [5.41, 5.74) is 2.48. The molecule has 1 amide bonds. The number of aromatic nitrogens is 2. The molecule has 3 aromatic heterocycles. The van der Waals surface area contributed by atoms with Crippen LogP contribution in [-0.4, -0.2) is 35.7 Å². The van der Waals surface area contributed by atoms with Gasteiger partial charge in [-0.3, -0.25) is 4.79 Å². The largest absolute Gasteiger partial charge is 0.497 e. The van der Waals surface area contributed by atoms with Gasteiger partial charge in [0, 0.05) is 6.54 Å². The minimum absolute atomic E-state index is 0.248. The number of hydrogen-bond donors (Lipinski definition) is 1. The minimum Gasteiger partial charge on any atom is -0.497 e. The van der Waals surface area contributed by atoms with Gasteiger partial charge < -0.3 is 19.3 Å². The molecule has 0 aliphatic heterocycles. The van der Waals surface area contributed by atoms with E-state index >= 15 is 0 Å². The fourth-order valence-electron chi connectivity index (χ4n) is 3.05. The lowest BCUT2D eigenvalue weighted by Gasteiger charge is -2.09. The van der Waals surface area contributed by atoms with E-state index in [1.165, 1.54) is 11.3 Å². The van der Waals surface area contributed by atoms with Gasteiger partial charge in [0.1, 0.15) is 5.75 Å². The van der Waals surface area contributed by atoms with E-state index in [0.29, 0.717) is 29.1 Å². The van der Waals surface area contributed by atoms with E-state index in [9.17, 15) is 9.59 Å². The Hall–Kier alpha value is -3.72. The van der Waals surface area contributed by atoms with Gasteiger partial charge in [-0.25, -0.2) is 9.78 Å². The molecule has 158 valence electrons. The Balaban J connectivity index is 1.45. The van der Waals surface area contributed by atoms with Crippen molar-refractivity contribution in [2.24, 2.45) is 0 Å². The molecule has 1 aromatic carbocycles. The number of benzene rings is 1. The van der Waals surface area contributed by atoms with Crippen LogP contribution >= 0.6 is 11.3 Å². The van der Waals surface area contributed by atoms with Crippen molar-refractivity contribution in [1.82, 2.24) is 15.5 Å². The number of hydrogen-bond acceptors (Lipinski definition) is 8. The van der Waals surface area contributed by atoms with Crippen LogP contribution in [0.15, 0.2) is 52.4 Å². The molecule has 1 N–H and O–H groups in total. The summed E-state index contributed by atoms with van der Waals surface area (Å²) in [5, 5.41) is 9.01. The molecule has 3 heterocycles. The van der Waals surface area contributed by atoms with Crippen molar-refractivity contribution in [2.75, 3.05) is 13.7 Å². The summed E-state index contributed by atoms with van der Waals surface area (Å²) in [7, 11) is 1.58. The van der Waals surface area contributed by atoms with Gasteiger partial charge in [0.05, 0.1) is 34.3 Å². The number of methoxy groups -OCH3 is 1. The third kappa shape index (κ3) is 4.56. The van der Waals surface area contributed by atoms with Crippen LogP contribution < -0.4 is 10.1 Å². The Morgan fingerprint density at radius 2 is 2.06 bits per heavy atom. The van der Waals surface area contributed by atoms with Crippen LogP contribution in [0.1, 0.15) is 21.6 Å². The van der Waals surface area contributed by atoms with E-state index in [-0.39, 0.29) is 11.3 Å². The van der Waals surface area contributed by atoms with E-state index < -0.39 is 18.5 Å². The smallest absolute Gasteiger partial charge is 0.339 e. The summed E-state index contributed by atoms with van der Waals surface area (Å²) in [6, 6.07) is 12.8. The van der Waals surface area contributed by atoms with Gasteiger partial charge in [-0.1, -0.05) is 23.4 Å².